The number of nitrogens with one attached hydrogen (secondary N) is 1. The van der Waals surface area contributed by atoms with Crippen LogP contribution in [-0.2, 0) is 12.8 Å². The fraction of sp³-hybridized carbons (Fsp3) is 0.375. The van der Waals surface area contributed by atoms with Crippen LogP contribution in [0.5, 0.6) is 0 Å². The van der Waals surface area contributed by atoms with Crippen LogP contribution in [-0.4, -0.2) is 16.2 Å². The zero-order chi connectivity index (χ0) is 14.5. The lowest BCUT2D eigenvalue weighted by Crippen LogP contribution is -2.19. The van der Waals surface area contributed by atoms with E-state index in [2.05, 4.69) is 35.9 Å². The SMILES string of the molecule is CCCc1nc(SC)[nH]c(=O)c1Cc1ccccc1C. The molecule has 1 aromatic heterocycles. The summed E-state index contributed by atoms with van der Waals surface area (Å²) >= 11 is 1.47. The van der Waals surface area contributed by atoms with Crippen molar-refractivity contribution in [1.29, 1.82) is 0 Å². The van der Waals surface area contributed by atoms with Crippen molar-refractivity contribution >= 4 is 11.8 Å². The molecule has 0 amide bonds. The van der Waals surface area contributed by atoms with Gasteiger partial charge in [0, 0.05) is 12.0 Å². The van der Waals surface area contributed by atoms with E-state index in [0.29, 0.717) is 11.6 Å². The Kier molecular flexibility index (Phi) is 5.01. The Balaban J connectivity index is 2.45. The molecule has 0 atom stereocenters. The Hall–Kier alpha value is -1.55. The van der Waals surface area contributed by atoms with Crippen LogP contribution >= 0.6 is 11.8 Å². The van der Waals surface area contributed by atoms with Crippen LogP contribution in [0, 0.1) is 6.92 Å². The predicted molar refractivity (Wildman–Crippen MR) is 84.6 cm³/mol. The lowest BCUT2D eigenvalue weighted by Gasteiger charge is -2.10. The van der Waals surface area contributed by atoms with Crippen molar-refractivity contribution in [2.45, 2.75) is 38.3 Å². The summed E-state index contributed by atoms with van der Waals surface area (Å²) in [5, 5.41) is 0.701. The molecular weight excluding hydrogens is 268 g/mol. The van der Waals surface area contributed by atoms with Crippen molar-refractivity contribution in [3.05, 3.63) is 57.0 Å². The normalized spacial score (nSPS) is 10.8. The van der Waals surface area contributed by atoms with Gasteiger partial charge in [0.25, 0.3) is 5.56 Å². The number of H-pyrrole nitrogens is 1. The Morgan fingerprint density at radius 1 is 1.30 bits per heavy atom. The molecule has 4 heteroatoms. The van der Waals surface area contributed by atoms with Crippen LogP contribution in [0.15, 0.2) is 34.2 Å². The number of aryl methyl sites for hydroxylation is 2. The summed E-state index contributed by atoms with van der Waals surface area (Å²) in [6.07, 6.45) is 4.41. The van der Waals surface area contributed by atoms with Gasteiger partial charge in [-0.1, -0.05) is 49.4 Å². The van der Waals surface area contributed by atoms with Crippen LogP contribution in [0.2, 0.25) is 0 Å². The van der Waals surface area contributed by atoms with Crippen LogP contribution in [0.3, 0.4) is 0 Å². The zero-order valence-electron chi connectivity index (χ0n) is 12.2. The van der Waals surface area contributed by atoms with Gasteiger partial charge in [0.1, 0.15) is 0 Å². The fourth-order valence-corrected chi connectivity index (χ4v) is 2.64. The minimum atomic E-state index is -0.00365. The summed E-state index contributed by atoms with van der Waals surface area (Å²) in [5.74, 6) is 0. The number of nitrogens with zero attached hydrogens (tertiary/aromatic N) is 1. The minimum Gasteiger partial charge on any atom is -0.301 e. The van der Waals surface area contributed by atoms with Crippen LogP contribution in [0.1, 0.15) is 35.7 Å². The Labute approximate surface area is 123 Å². The van der Waals surface area contributed by atoms with Crippen molar-refractivity contribution < 1.29 is 0 Å². The molecule has 0 bridgehead atoms. The third kappa shape index (κ3) is 3.31. The molecule has 20 heavy (non-hydrogen) atoms. The summed E-state index contributed by atoms with van der Waals surface area (Å²) in [5.41, 5.74) is 4.14. The third-order valence-electron chi connectivity index (χ3n) is 3.39. The molecule has 0 radical (unpaired) electrons. The van der Waals surface area contributed by atoms with E-state index >= 15 is 0 Å². The molecule has 2 aromatic rings. The van der Waals surface area contributed by atoms with Crippen LogP contribution in [0.25, 0.3) is 0 Å². The summed E-state index contributed by atoms with van der Waals surface area (Å²) in [6.45, 7) is 4.19. The molecular formula is C16H20N2OS. The maximum Gasteiger partial charge on any atom is 0.255 e. The van der Waals surface area contributed by atoms with Gasteiger partial charge in [-0.15, -0.1) is 0 Å². The molecule has 0 unspecified atom stereocenters. The highest BCUT2D eigenvalue weighted by molar-refractivity contribution is 7.98. The van der Waals surface area contributed by atoms with Gasteiger partial charge in [-0.3, -0.25) is 4.79 Å². The van der Waals surface area contributed by atoms with Crippen LogP contribution in [0.4, 0.5) is 0 Å². The first-order valence-electron chi connectivity index (χ1n) is 6.86. The van der Waals surface area contributed by atoms with E-state index in [1.165, 1.54) is 22.9 Å². The average molecular weight is 288 g/mol. The molecule has 106 valence electrons. The standard InChI is InChI=1S/C16H20N2OS/c1-4-7-14-13(15(19)18-16(17-14)20-3)10-12-9-6-5-8-11(12)2/h5-6,8-9H,4,7,10H2,1-3H3,(H,17,18,19). The first-order chi connectivity index (χ1) is 9.65. The Bertz CT molecular complexity index is 649. The molecule has 3 nitrogen and oxygen atoms in total. The highest BCUT2D eigenvalue weighted by Gasteiger charge is 2.12. The smallest absolute Gasteiger partial charge is 0.255 e. The maximum atomic E-state index is 12.3. The van der Waals surface area contributed by atoms with Crippen molar-refractivity contribution in [2.75, 3.05) is 6.26 Å². The topological polar surface area (TPSA) is 45.8 Å². The second-order valence-corrected chi connectivity index (χ2v) is 5.65. The highest BCUT2D eigenvalue weighted by Crippen LogP contribution is 2.16. The van der Waals surface area contributed by atoms with Gasteiger partial charge in [0.05, 0.1) is 5.69 Å². The maximum absolute atomic E-state index is 12.3. The van der Waals surface area contributed by atoms with Gasteiger partial charge >= 0.3 is 0 Å². The second-order valence-electron chi connectivity index (χ2n) is 4.85. The summed E-state index contributed by atoms with van der Waals surface area (Å²) in [7, 11) is 0. The molecule has 1 heterocycles. The largest absolute Gasteiger partial charge is 0.301 e. The molecule has 1 aromatic carbocycles. The molecule has 0 aliphatic heterocycles. The van der Waals surface area contributed by atoms with Gasteiger partial charge in [-0.2, -0.15) is 0 Å². The zero-order valence-corrected chi connectivity index (χ0v) is 13.0. The average Bonchev–Trinajstić information content (AvgIpc) is 2.44. The van der Waals surface area contributed by atoms with E-state index < -0.39 is 0 Å². The number of aromatic nitrogens is 2. The molecule has 2 rings (SSSR count). The van der Waals surface area contributed by atoms with Crippen LogP contribution < -0.4 is 5.56 Å². The van der Waals surface area contributed by atoms with Crippen molar-refractivity contribution in [2.24, 2.45) is 0 Å². The summed E-state index contributed by atoms with van der Waals surface area (Å²) < 4.78 is 0. The Morgan fingerprint density at radius 2 is 2.05 bits per heavy atom. The molecule has 0 saturated carbocycles. The van der Waals surface area contributed by atoms with E-state index in [1.54, 1.807) is 0 Å². The first-order valence-corrected chi connectivity index (χ1v) is 8.08. The van der Waals surface area contributed by atoms with Crippen molar-refractivity contribution in [3.63, 3.8) is 0 Å². The summed E-state index contributed by atoms with van der Waals surface area (Å²) in [4.78, 5) is 19.7. The molecule has 0 aliphatic carbocycles. The lowest BCUT2D eigenvalue weighted by atomic mass is 9.99. The second kappa shape index (κ2) is 6.75. The fourth-order valence-electron chi connectivity index (χ4n) is 2.24. The number of rotatable bonds is 5. The number of benzene rings is 1. The monoisotopic (exact) mass is 288 g/mol. The minimum absolute atomic E-state index is 0.00365. The van der Waals surface area contributed by atoms with E-state index in [9.17, 15) is 4.79 Å². The number of thioether (sulfide) groups is 1. The molecule has 1 N–H and O–H groups in total. The molecule has 0 saturated heterocycles. The molecule has 0 fully saturated rings. The van der Waals surface area contributed by atoms with E-state index in [0.717, 1.165) is 24.1 Å². The van der Waals surface area contributed by atoms with E-state index in [1.807, 2.05) is 18.4 Å². The van der Waals surface area contributed by atoms with Gasteiger partial charge in [0.2, 0.25) is 0 Å². The van der Waals surface area contributed by atoms with Gasteiger partial charge in [-0.25, -0.2) is 4.98 Å². The number of hydrogen-bond acceptors (Lipinski definition) is 3. The van der Waals surface area contributed by atoms with E-state index in [4.69, 9.17) is 0 Å². The highest BCUT2D eigenvalue weighted by atomic mass is 32.2. The summed E-state index contributed by atoms with van der Waals surface area (Å²) in [6, 6.07) is 8.19. The van der Waals surface area contributed by atoms with Gasteiger partial charge < -0.3 is 4.98 Å². The third-order valence-corrected chi connectivity index (χ3v) is 3.97. The first kappa shape index (κ1) is 14.9. The number of hydrogen-bond donors (Lipinski definition) is 1. The predicted octanol–water partition coefficient (Wildman–Crippen LogP) is 3.34. The quantitative estimate of drug-likeness (QED) is 0.678. The number of aromatic amines is 1. The van der Waals surface area contributed by atoms with Gasteiger partial charge in [-0.05, 0) is 30.7 Å². The molecule has 0 aliphatic rings. The van der Waals surface area contributed by atoms with Crippen molar-refractivity contribution in [1.82, 2.24) is 9.97 Å². The van der Waals surface area contributed by atoms with Gasteiger partial charge in [0.15, 0.2) is 5.16 Å². The lowest BCUT2D eigenvalue weighted by molar-refractivity contribution is 0.789. The van der Waals surface area contributed by atoms with E-state index in [-0.39, 0.29) is 5.56 Å². The van der Waals surface area contributed by atoms with Crippen molar-refractivity contribution in [3.8, 4) is 0 Å². The Morgan fingerprint density at radius 3 is 2.70 bits per heavy atom. The molecule has 0 spiro atoms.